The maximum absolute atomic E-state index is 5.29. The maximum atomic E-state index is 5.29. The van der Waals surface area contributed by atoms with Gasteiger partial charge in [0.15, 0.2) is 0 Å². The van der Waals surface area contributed by atoms with Crippen LogP contribution in [0, 0.1) is 0 Å². The first-order chi connectivity index (χ1) is 9.76. The van der Waals surface area contributed by atoms with E-state index < -0.39 is 0 Å². The molecule has 3 heteroatoms. The van der Waals surface area contributed by atoms with E-state index in [2.05, 4.69) is 36.1 Å². The van der Waals surface area contributed by atoms with Gasteiger partial charge in [0.05, 0.1) is 14.2 Å². The number of benzene rings is 2. The van der Waals surface area contributed by atoms with Crippen molar-refractivity contribution in [2.45, 2.75) is 13.5 Å². The van der Waals surface area contributed by atoms with Crippen molar-refractivity contribution in [3.8, 4) is 11.5 Å². The van der Waals surface area contributed by atoms with Crippen LogP contribution in [0.5, 0.6) is 11.5 Å². The molecule has 106 valence electrons. The second-order valence-corrected chi connectivity index (χ2v) is 4.56. The monoisotopic (exact) mass is 271 g/mol. The van der Waals surface area contributed by atoms with Crippen molar-refractivity contribution >= 4 is 5.69 Å². The molecule has 0 aromatic heterocycles. The second-order valence-electron chi connectivity index (χ2n) is 4.56. The van der Waals surface area contributed by atoms with Gasteiger partial charge >= 0.3 is 0 Å². The van der Waals surface area contributed by atoms with Crippen LogP contribution >= 0.6 is 0 Å². The molecule has 3 nitrogen and oxygen atoms in total. The van der Waals surface area contributed by atoms with Crippen LogP contribution in [0.25, 0.3) is 0 Å². The number of ether oxygens (including phenoxy) is 2. The lowest BCUT2D eigenvalue weighted by Gasteiger charge is -2.23. The fourth-order valence-electron chi connectivity index (χ4n) is 2.14. The molecule has 0 aliphatic heterocycles. The standard InChI is InChI=1S/C17H21NO2/c1-4-18(15-6-5-7-17(12-15)20-3)13-14-8-10-16(19-2)11-9-14/h5-12H,4,13H2,1-3H3. The molecule has 2 aromatic carbocycles. The van der Waals surface area contributed by atoms with Gasteiger partial charge in [-0.15, -0.1) is 0 Å². The molecule has 2 rings (SSSR count). The molecule has 0 bridgehead atoms. The number of hydrogen-bond donors (Lipinski definition) is 0. The molecule has 0 fully saturated rings. The first-order valence-electron chi connectivity index (χ1n) is 6.78. The van der Waals surface area contributed by atoms with E-state index in [-0.39, 0.29) is 0 Å². The van der Waals surface area contributed by atoms with E-state index in [0.717, 1.165) is 24.6 Å². The minimum absolute atomic E-state index is 0.869. The number of hydrogen-bond acceptors (Lipinski definition) is 3. The minimum atomic E-state index is 0.869. The quantitative estimate of drug-likeness (QED) is 0.799. The van der Waals surface area contributed by atoms with Crippen LogP contribution in [0.2, 0.25) is 0 Å². The van der Waals surface area contributed by atoms with Crippen LogP contribution in [0.15, 0.2) is 48.5 Å². The van der Waals surface area contributed by atoms with Gasteiger partial charge in [-0.25, -0.2) is 0 Å². The molecule has 0 saturated heterocycles. The Balaban J connectivity index is 2.14. The molecule has 0 spiro atoms. The Hall–Kier alpha value is -2.16. The van der Waals surface area contributed by atoms with Crippen molar-refractivity contribution in [3.63, 3.8) is 0 Å². The van der Waals surface area contributed by atoms with Crippen molar-refractivity contribution in [2.75, 3.05) is 25.7 Å². The van der Waals surface area contributed by atoms with Gasteiger partial charge < -0.3 is 14.4 Å². The summed E-state index contributed by atoms with van der Waals surface area (Å²) in [5.74, 6) is 1.77. The van der Waals surface area contributed by atoms with E-state index in [4.69, 9.17) is 9.47 Å². The van der Waals surface area contributed by atoms with Gasteiger partial charge in [-0.1, -0.05) is 18.2 Å². The van der Waals surface area contributed by atoms with E-state index in [1.54, 1.807) is 14.2 Å². The topological polar surface area (TPSA) is 21.7 Å². The van der Waals surface area contributed by atoms with Crippen LogP contribution < -0.4 is 14.4 Å². The van der Waals surface area contributed by atoms with Crippen LogP contribution in [0.1, 0.15) is 12.5 Å². The molecule has 0 aliphatic rings. The van der Waals surface area contributed by atoms with E-state index >= 15 is 0 Å². The highest BCUT2D eigenvalue weighted by Gasteiger charge is 2.06. The fourth-order valence-corrected chi connectivity index (χ4v) is 2.14. The summed E-state index contributed by atoms with van der Waals surface area (Å²) in [6.45, 7) is 3.97. The summed E-state index contributed by atoms with van der Waals surface area (Å²) in [5.41, 5.74) is 2.43. The predicted molar refractivity (Wildman–Crippen MR) is 82.7 cm³/mol. The molecular weight excluding hydrogens is 250 g/mol. The Labute approximate surface area is 120 Å². The van der Waals surface area contributed by atoms with E-state index in [9.17, 15) is 0 Å². The number of nitrogens with zero attached hydrogens (tertiary/aromatic N) is 1. The molecule has 0 aliphatic carbocycles. The lowest BCUT2D eigenvalue weighted by Crippen LogP contribution is -2.21. The summed E-state index contributed by atoms with van der Waals surface area (Å²) in [6.07, 6.45) is 0. The highest BCUT2D eigenvalue weighted by Crippen LogP contribution is 2.23. The molecule has 20 heavy (non-hydrogen) atoms. The maximum Gasteiger partial charge on any atom is 0.120 e. The Kier molecular flexibility index (Phi) is 4.88. The molecule has 2 aromatic rings. The van der Waals surface area contributed by atoms with E-state index in [1.807, 2.05) is 24.3 Å². The fraction of sp³-hybridized carbons (Fsp3) is 0.294. The van der Waals surface area contributed by atoms with Gasteiger partial charge in [0.1, 0.15) is 11.5 Å². The Bertz CT molecular complexity index is 537. The highest BCUT2D eigenvalue weighted by molar-refractivity contribution is 5.51. The minimum Gasteiger partial charge on any atom is -0.497 e. The average molecular weight is 271 g/mol. The first kappa shape index (κ1) is 14.3. The SMILES string of the molecule is CCN(Cc1ccc(OC)cc1)c1cccc(OC)c1. The zero-order valence-corrected chi connectivity index (χ0v) is 12.3. The number of anilines is 1. The highest BCUT2D eigenvalue weighted by atomic mass is 16.5. The van der Waals surface area contributed by atoms with Crippen molar-refractivity contribution in [3.05, 3.63) is 54.1 Å². The summed E-state index contributed by atoms with van der Waals surface area (Å²) in [4.78, 5) is 2.31. The molecule has 0 saturated carbocycles. The molecule has 0 heterocycles. The van der Waals surface area contributed by atoms with Crippen LogP contribution in [0.3, 0.4) is 0 Å². The third-order valence-corrected chi connectivity index (χ3v) is 3.33. The molecule has 0 radical (unpaired) electrons. The van der Waals surface area contributed by atoms with Gasteiger partial charge in [0, 0.05) is 24.8 Å². The summed E-state index contributed by atoms with van der Waals surface area (Å²) in [5, 5.41) is 0. The van der Waals surface area contributed by atoms with Crippen molar-refractivity contribution in [1.29, 1.82) is 0 Å². The summed E-state index contributed by atoms with van der Waals surface area (Å²) in [6, 6.07) is 16.3. The van der Waals surface area contributed by atoms with Gasteiger partial charge in [-0.3, -0.25) is 0 Å². The van der Waals surface area contributed by atoms with Crippen molar-refractivity contribution < 1.29 is 9.47 Å². The van der Waals surface area contributed by atoms with Crippen molar-refractivity contribution in [2.24, 2.45) is 0 Å². The van der Waals surface area contributed by atoms with Crippen molar-refractivity contribution in [1.82, 2.24) is 0 Å². The summed E-state index contributed by atoms with van der Waals surface area (Å²) in [7, 11) is 3.38. The summed E-state index contributed by atoms with van der Waals surface area (Å²) < 4.78 is 10.5. The Morgan fingerprint density at radius 1 is 0.900 bits per heavy atom. The third kappa shape index (κ3) is 3.44. The van der Waals surface area contributed by atoms with Gasteiger partial charge in [-0.2, -0.15) is 0 Å². The lowest BCUT2D eigenvalue weighted by molar-refractivity contribution is 0.414. The Morgan fingerprint density at radius 2 is 1.60 bits per heavy atom. The van der Waals surface area contributed by atoms with E-state index in [0.29, 0.717) is 0 Å². The Morgan fingerprint density at radius 3 is 2.20 bits per heavy atom. The van der Waals surface area contributed by atoms with Crippen LogP contribution in [-0.4, -0.2) is 20.8 Å². The first-order valence-corrected chi connectivity index (χ1v) is 6.78. The molecule has 0 amide bonds. The van der Waals surface area contributed by atoms with Crippen LogP contribution in [-0.2, 0) is 6.54 Å². The third-order valence-electron chi connectivity index (χ3n) is 3.33. The molecular formula is C17H21NO2. The second kappa shape index (κ2) is 6.85. The lowest BCUT2D eigenvalue weighted by atomic mass is 10.2. The van der Waals surface area contributed by atoms with Gasteiger partial charge in [0.25, 0.3) is 0 Å². The predicted octanol–water partition coefficient (Wildman–Crippen LogP) is 3.73. The number of rotatable bonds is 6. The average Bonchev–Trinajstić information content (AvgIpc) is 2.53. The molecule has 0 N–H and O–H groups in total. The largest absolute Gasteiger partial charge is 0.497 e. The molecule has 0 atom stereocenters. The van der Waals surface area contributed by atoms with Gasteiger partial charge in [-0.05, 0) is 36.8 Å². The zero-order chi connectivity index (χ0) is 14.4. The number of methoxy groups -OCH3 is 2. The normalized spacial score (nSPS) is 10.2. The summed E-state index contributed by atoms with van der Waals surface area (Å²) >= 11 is 0. The van der Waals surface area contributed by atoms with Gasteiger partial charge in [0.2, 0.25) is 0 Å². The van der Waals surface area contributed by atoms with Crippen LogP contribution in [0.4, 0.5) is 5.69 Å². The molecule has 0 unspecified atom stereocenters. The zero-order valence-electron chi connectivity index (χ0n) is 12.3. The van der Waals surface area contributed by atoms with E-state index in [1.165, 1.54) is 11.3 Å². The smallest absolute Gasteiger partial charge is 0.120 e.